The van der Waals surface area contributed by atoms with Gasteiger partial charge in [0.1, 0.15) is 24.6 Å². The number of hydrogen-bond donors (Lipinski definition) is 2. The van der Waals surface area contributed by atoms with Crippen LogP contribution in [0.3, 0.4) is 0 Å². The van der Waals surface area contributed by atoms with Crippen LogP contribution in [0.2, 0.25) is 0 Å². The van der Waals surface area contributed by atoms with Crippen molar-refractivity contribution in [1.82, 2.24) is 4.90 Å². The highest BCUT2D eigenvalue weighted by atomic mass is 16.5. The lowest BCUT2D eigenvalue weighted by atomic mass is 9.95. The van der Waals surface area contributed by atoms with Gasteiger partial charge in [-0.15, -0.1) is 0 Å². The second-order valence-corrected chi connectivity index (χ2v) is 6.94. The van der Waals surface area contributed by atoms with E-state index in [0.29, 0.717) is 43.4 Å². The molecule has 1 atom stereocenters. The van der Waals surface area contributed by atoms with Crippen LogP contribution in [0.15, 0.2) is 29.5 Å². The number of aliphatic hydroxyl groups is 1. The van der Waals surface area contributed by atoms with Gasteiger partial charge in [-0.1, -0.05) is 0 Å². The van der Waals surface area contributed by atoms with Crippen molar-refractivity contribution in [3.8, 4) is 11.5 Å². The van der Waals surface area contributed by atoms with E-state index in [1.807, 2.05) is 0 Å². The zero-order valence-corrected chi connectivity index (χ0v) is 16.5. The first-order chi connectivity index (χ1) is 13.5. The van der Waals surface area contributed by atoms with Crippen molar-refractivity contribution < 1.29 is 33.8 Å². The molecule has 0 bridgehead atoms. The zero-order valence-electron chi connectivity index (χ0n) is 16.5. The summed E-state index contributed by atoms with van der Waals surface area (Å²) in [7, 11) is 3.08. The number of ether oxygens (including phenoxy) is 3. The summed E-state index contributed by atoms with van der Waals surface area (Å²) in [5.74, 6) is -0.246. The summed E-state index contributed by atoms with van der Waals surface area (Å²) in [5, 5.41) is 10.4. The molecule has 0 aliphatic carbocycles. The number of rotatable bonds is 7. The van der Waals surface area contributed by atoms with E-state index in [9.17, 15) is 14.7 Å². The number of nitrogens with one attached hydrogen (secondary N) is 1. The monoisotopic (exact) mass is 391 g/mol. The lowest BCUT2D eigenvalue weighted by Crippen LogP contribution is -3.14. The van der Waals surface area contributed by atoms with Crippen LogP contribution in [0.4, 0.5) is 0 Å². The first-order valence-corrected chi connectivity index (χ1v) is 9.36. The average molecular weight is 391 g/mol. The standard InChI is InChI=1S/C20H26N2O6/c1-13(23)17-18(15-5-4-14(26-2)12-16(15)27-3)22(20(25)19(17)24)7-6-21-8-10-28-11-9-21/h4-5,12,18,24H,6-11H2,1-3H3/p+1/t18-/m1/s1. The Morgan fingerprint density at radius 2 is 2.00 bits per heavy atom. The molecular weight excluding hydrogens is 364 g/mol. The number of carbonyl (C=O) groups excluding carboxylic acids is 2. The second-order valence-electron chi connectivity index (χ2n) is 6.94. The molecule has 2 aliphatic rings. The summed E-state index contributed by atoms with van der Waals surface area (Å²) in [6, 6.07) is 4.54. The molecule has 152 valence electrons. The maximum atomic E-state index is 12.8. The normalized spacial score (nSPS) is 20.6. The van der Waals surface area contributed by atoms with Crippen LogP contribution < -0.4 is 14.4 Å². The van der Waals surface area contributed by atoms with E-state index in [1.165, 1.54) is 18.9 Å². The van der Waals surface area contributed by atoms with E-state index >= 15 is 0 Å². The number of Topliss-reactive ketones (excluding diaryl/α,β-unsaturated/α-hetero) is 1. The highest BCUT2D eigenvalue weighted by molar-refractivity contribution is 6.08. The predicted octanol–water partition coefficient (Wildman–Crippen LogP) is -0.0967. The number of morpholine rings is 1. The number of nitrogens with zero attached hydrogens (tertiary/aromatic N) is 1. The highest BCUT2D eigenvalue weighted by Gasteiger charge is 2.43. The van der Waals surface area contributed by atoms with E-state index in [4.69, 9.17) is 14.2 Å². The van der Waals surface area contributed by atoms with Crippen LogP contribution in [0.25, 0.3) is 0 Å². The molecule has 28 heavy (non-hydrogen) atoms. The molecule has 0 unspecified atom stereocenters. The Morgan fingerprint density at radius 3 is 2.61 bits per heavy atom. The van der Waals surface area contributed by atoms with Gasteiger partial charge in [0.25, 0.3) is 5.91 Å². The smallest absolute Gasteiger partial charge is 0.290 e. The molecule has 8 nitrogen and oxygen atoms in total. The first-order valence-electron chi connectivity index (χ1n) is 9.36. The topological polar surface area (TPSA) is 89.7 Å². The van der Waals surface area contributed by atoms with Crippen LogP contribution in [0.1, 0.15) is 18.5 Å². The van der Waals surface area contributed by atoms with Crippen LogP contribution >= 0.6 is 0 Å². The Hall–Kier alpha value is -2.58. The number of hydrogen-bond acceptors (Lipinski definition) is 6. The molecule has 0 aromatic heterocycles. The first kappa shape index (κ1) is 20.2. The van der Waals surface area contributed by atoms with Gasteiger partial charge in [0.15, 0.2) is 11.5 Å². The molecule has 1 saturated heterocycles. The maximum Gasteiger partial charge on any atom is 0.290 e. The Morgan fingerprint density at radius 1 is 1.29 bits per heavy atom. The van der Waals surface area contributed by atoms with Crippen LogP contribution in [-0.4, -0.2) is 75.3 Å². The minimum atomic E-state index is -0.689. The van der Waals surface area contributed by atoms with Crippen LogP contribution in [0.5, 0.6) is 11.5 Å². The summed E-state index contributed by atoms with van der Waals surface area (Å²) in [4.78, 5) is 27.9. The number of aliphatic hydroxyl groups excluding tert-OH is 1. The Bertz CT molecular complexity index is 785. The second kappa shape index (κ2) is 8.62. The van der Waals surface area contributed by atoms with E-state index in [0.717, 1.165) is 13.1 Å². The van der Waals surface area contributed by atoms with Gasteiger partial charge in [-0.2, -0.15) is 0 Å². The Kier molecular flexibility index (Phi) is 6.21. The van der Waals surface area contributed by atoms with Crippen LogP contribution in [0, 0.1) is 0 Å². The largest absolute Gasteiger partial charge is 0.503 e. The molecule has 1 aromatic rings. The van der Waals surface area contributed by atoms with Gasteiger partial charge in [0.2, 0.25) is 0 Å². The van der Waals surface area contributed by atoms with E-state index in [2.05, 4.69) is 0 Å². The maximum absolute atomic E-state index is 12.8. The third-order valence-electron chi connectivity index (χ3n) is 5.32. The number of amides is 1. The van der Waals surface area contributed by atoms with Gasteiger partial charge in [0.05, 0.1) is 52.1 Å². The molecule has 2 heterocycles. The molecule has 0 spiro atoms. The van der Waals surface area contributed by atoms with Crippen molar-refractivity contribution in [2.24, 2.45) is 0 Å². The number of methoxy groups -OCH3 is 2. The van der Waals surface area contributed by atoms with Gasteiger partial charge < -0.3 is 29.1 Å². The van der Waals surface area contributed by atoms with E-state index < -0.39 is 17.7 Å². The number of carbonyl (C=O) groups is 2. The molecule has 2 aliphatic heterocycles. The minimum absolute atomic E-state index is 0.102. The molecule has 3 rings (SSSR count). The van der Waals surface area contributed by atoms with Gasteiger partial charge in [-0.05, 0) is 19.1 Å². The van der Waals surface area contributed by atoms with Gasteiger partial charge >= 0.3 is 0 Å². The van der Waals surface area contributed by atoms with Gasteiger partial charge in [-0.3, -0.25) is 9.59 Å². The van der Waals surface area contributed by atoms with Crippen molar-refractivity contribution in [2.75, 3.05) is 53.6 Å². The van der Waals surface area contributed by atoms with Crippen molar-refractivity contribution in [1.29, 1.82) is 0 Å². The third kappa shape index (κ3) is 3.83. The summed E-state index contributed by atoms with van der Waals surface area (Å²) in [6.45, 7) is 5.62. The minimum Gasteiger partial charge on any atom is -0.503 e. The zero-order chi connectivity index (χ0) is 20.3. The number of quaternary nitrogens is 1. The van der Waals surface area contributed by atoms with E-state index in [-0.39, 0.29) is 11.4 Å². The van der Waals surface area contributed by atoms with Crippen molar-refractivity contribution >= 4 is 11.7 Å². The molecule has 1 fully saturated rings. The van der Waals surface area contributed by atoms with Gasteiger partial charge in [-0.25, -0.2) is 0 Å². The molecule has 1 aromatic carbocycles. The fourth-order valence-corrected chi connectivity index (χ4v) is 3.80. The summed E-state index contributed by atoms with van der Waals surface area (Å²) < 4.78 is 16.1. The Labute approximate surface area is 164 Å². The summed E-state index contributed by atoms with van der Waals surface area (Å²) in [5.41, 5.74) is 0.744. The summed E-state index contributed by atoms with van der Waals surface area (Å²) >= 11 is 0. The SMILES string of the molecule is COc1ccc([C@@H]2C(C(C)=O)=C(O)C(=O)N2CC[NH+]2CCOCC2)c(OC)c1. The lowest BCUT2D eigenvalue weighted by molar-refractivity contribution is -0.907. The molecule has 1 amide bonds. The average Bonchev–Trinajstić information content (AvgIpc) is 2.97. The molecule has 8 heteroatoms. The fourth-order valence-electron chi connectivity index (χ4n) is 3.80. The van der Waals surface area contributed by atoms with Gasteiger partial charge in [0, 0.05) is 11.6 Å². The molecular formula is C20H27N2O6+. The van der Waals surface area contributed by atoms with Crippen molar-refractivity contribution in [2.45, 2.75) is 13.0 Å². The molecule has 0 saturated carbocycles. The van der Waals surface area contributed by atoms with Crippen molar-refractivity contribution in [3.05, 3.63) is 35.1 Å². The fraction of sp³-hybridized carbons (Fsp3) is 0.500. The van der Waals surface area contributed by atoms with Crippen LogP contribution in [-0.2, 0) is 14.3 Å². The van der Waals surface area contributed by atoms with E-state index in [1.54, 1.807) is 30.2 Å². The number of ketones is 1. The Balaban J connectivity index is 1.94. The molecule has 2 N–H and O–H groups in total. The van der Waals surface area contributed by atoms with Crippen molar-refractivity contribution in [3.63, 3.8) is 0 Å². The quantitative estimate of drug-likeness (QED) is 0.675. The number of benzene rings is 1. The summed E-state index contributed by atoms with van der Waals surface area (Å²) in [6.07, 6.45) is 0. The highest BCUT2D eigenvalue weighted by Crippen LogP contribution is 2.42. The lowest BCUT2D eigenvalue weighted by Gasteiger charge is -2.30. The molecule has 0 radical (unpaired) electrons. The third-order valence-corrected chi connectivity index (χ3v) is 5.32. The predicted molar refractivity (Wildman–Crippen MR) is 101 cm³/mol.